The largest absolute Gasteiger partial charge is 0.383 e. The van der Waals surface area contributed by atoms with E-state index in [2.05, 4.69) is 17.2 Å². The second kappa shape index (κ2) is 8.48. The van der Waals surface area contributed by atoms with E-state index in [1.165, 1.54) is 0 Å². The van der Waals surface area contributed by atoms with Gasteiger partial charge in [0.25, 0.3) is 5.91 Å². The summed E-state index contributed by atoms with van der Waals surface area (Å²) in [6.07, 6.45) is 2.69. The Morgan fingerprint density at radius 1 is 1.47 bits per heavy atom. The lowest BCUT2D eigenvalue weighted by molar-refractivity contribution is 0.0707. The number of aromatic nitrogens is 1. The zero-order chi connectivity index (χ0) is 14.1. The van der Waals surface area contributed by atoms with Gasteiger partial charge in [0.15, 0.2) is 0 Å². The molecule has 0 atom stereocenters. The zero-order valence-corrected chi connectivity index (χ0v) is 12.0. The van der Waals surface area contributed by atoms with Gasteiger partial charge in [-0.05, 0) is 25.5 Å². The second-order valence-electron chi connectivity index (χ2n) is 4.20. The fourth-order valence-electron chi connectivity index (χ4n) is 1.74. The molecule has 0 saturated carbocycles. The van der Waals surface area contributed by atoms with Crippen LogP contribution >= 0.6 is 0 Å². The van der Waals surface area contributed by atoms with Gasteiger partial charge in [-0.3, -0.25) is 4.79 Å². The highest BCUT2D eigenvalue weighted by Crippen LogP contribution is 2.14. The van der Waals surface area contributed by atoms with Crippen LogP contribution in [0, 0.1) is 0 Å². The molecule has 0 aliphatic rings. The van der Waals surface area contributed by atoms with Crippen molar-refractivity contribution in [2.45, 2.75) is 20.3 Å². The molecule has 1 aromatic rings. The first-order valence-electron chi connectivity index (χ1n) is 6.71. The van der Waals surface area contributed by atoms with Crippen molar-refractivity contribution in [2.75, 3.05) is 38.7 Å². The van der Waals surface area contributed by atoms with Crippen LogP contribution in [0.5, 0.6) is 0 Å². The topological polar surface area (TPSA) is 54.5 Å². The summed E-state index contributed by atoms with van der Waals surface area (Å²) in [6, 6.07) is 3.59. The van der Waals surface area contributed by atoms with E-state index in [0.717, 1.165) is 13.0 Å². The van der Waals surface area contributed by atoms with Gasteiger partial charge in [0.05, 0.1) is 12.2 Å². The fourth-order valence-corrected chi connectivity index (χ4v) is 1.74. The Bertz CT molecular complexity index is 396. The highest BCUT2D eigenvalue weighted by molar-refractivity contribution is 5.98. The van der Waals surface area contributed by atoms with Crippen molar-refractivity contribution >= 4 is 11.7 Å². The van der Waals surface area contributed by atoms with Gasteiger partial charge in [-0.25, -0.2) is 4.98 Å². The lowest BCUT2D eigenvalue weighted by atomic mass is 10.2. The van der Waals surface area contributed by atoms with Crippen molar-refractivity contribution in [1.29, 1.82) is 0 Å². The summed E-state index contributed by atoms with van der Waals surface area (Å²) < 4.78 is 5.03. The first-order valence-corrected chi connectivity index (χ1v) is 6.71. The Kier molecular flexibility index (Phi) is 6.89. The van der Waals surface area contributed by atoms with Gasteiger partial charge >= 0.3 is 0 Å². The Morgan fingerprint density at radius 3 is 2.89 bits per heavy atom. The molecule has 19 heavy (non-hydrogen) atoms. The van der Waals surface area contributed by atoms with Gasteiger partial charge in [-0.2, -0.15) is 0 Å². The van der Waals surface area contributed by atoms with Crippen LogP contribution in [0.4, 0.5) is 5.82 Å². The average Bonchev–Trinajstić information content (AvgIpc) is 2.46. The Labute approximate surface area is 115 Å². The maximum Gasteiger partial charge on any atom is 0.257 e. The van der Waals surface area contributed by atoms with Crippen molar-refractivity contribution in [3.63, 3.8) is 0 Å². The predicted octanol–water partition coefficient (Wildman–Crippen LogP) is 2.01. The average molecular weight is 265 g/mol. The van der Waals surface area contributed by atoms with Gasteiger partial charge in [0.2, 0.25) is 0 Å². The van der Waals surface area contributed by atoms with Crippen molar-refractivity contribution in [3.05, 3.63) is 23.9 Å². The number of carbonyl (C=O) groups is 1. The first-order chi connectivity index (χ1) is 9.24. The van der Waals surface area contributed by atoms with Crippen molar-refractivity contribution in [3.8, 4) is 0 Å². The third kappa shape index (κ3) is 4.52. The maximum absolute atomic E-state index is 12.5. The van der Waals surface area contributed by atoms with Crippen LogP contribution in [0.2, 0.25) is 0 Å². The van der Waals surface area contributed by atoms with Crippen molar-refractivity contribution in [2.24, 2.45) is 0 Å². The Balaban J connectivity index is 2.84. The predicted molar refractivity (Wildman–Crippen MR) is 76.5 cm³/mol. The molecule has 0 unspecified atom stereocenters. The van der Waals surface area contributed by atoms with E-state index < -0.39 is 0 Å². The Morgan fingerprint density at radius 2 is 2.26 bits per heavy atom. The third-order valence-electron chi connectivity index (χ3n) is 2.81. The van der Waals surface area contributed by atoms with E-state index in [1.807, 2.05) is 13.0 Å². The van der Waals surface area contributed by atoms with Crippen LogP contribution in [0.15, 0.2) is 18.3 Å². The minimum absolute atomic E-state index is 0.00810. The number of likely N-dealkylation sites (N-methyl/N-ethyl adjacent to an activating group) is 1. The van der Waals surface area contributed by atoms with E-state index in [9.17, 15) is 4.79 Å². The molecular formula is C14H23N3O2. The van der Waals surface area contributed by atoms with Crippen molar-refractivity contribution in [1.82, 2.24) is 9.88 Å². The molecule has 1 rings (SSSR count). The van der Waals surface area contributed by atoms with E-state index >= 15 is 0 Å². The molecule has 5 heteroatoms. The van der Waals surface area contributed by atoms with Crippen LogP contribution in [0.1, 0.15) is 30.6 Å². The number of carbonyl (C=O) groups excluding carboxylic acids is 1. The number of methoxy groups -OCH3 is 1. The molecule has 0 aliphatic carbocycles. The van der Waals surface area contributed by atoms with Crippen LogP contribution in [-0.2, 0) is 4.74 Å². The highest BCUT2D eigenvalue weighted by atomic mass is 16.5. The van der Waals surface area contributed by atoms with Gasteiger partial charge in [0.1, 0.15) is 5.82 Å². The van der Waals surface area contributed by atoms with Crippen molar-refractivity contribution < 1.29 is 9.53 Å². The molecule has 0 fully saturated rings. The first kappa shape index (κ1) is 15.4. The number of hydrogen-bond donors (Lipinski definition) is 1. The van der Waals surface area contributed by atoms with Gasteiger partial charge in [0, 0.05) is 32.9 Å². The number of rotatable bonds is 8. The van der Waals surface area contributed by atoms with E-state index in [-0.39, 0.29) is 5.91 Å². The smallest absolute Gasteiger partial charge is 0.257 e. The standard InChI is InChI=1S/C14H23N3O2/c1-4-8-15-13-12(7-6-9-16-13)14(18)17(5-2)10-11-19-3/h6-7,9H,4-5,8,10-11H2,1-3H3,(H,15,16). The molecule has 1 heterocycles. The number of ether oxygens (including phenoxy) is 1. The number of pyridine rings is 1. The number of nitrogens with zero attached hydrogens (tertiary/aromatic N) is 2. The molecule has 1 N–H and O–H groups in total. The molecular weight excluding hydrogens is 242 g/mol. The molecule has 5 nitrogen and oxygen atoms in total. The minimum Gasteiger partial charge on any atom is -0.383 e. The molecule has 0 radical (unpaired) electrons. The van der Waals surface area contributed by atoms with Crippen LogP contribution in [-0.4, -0.2) is 49.1 Å². The molecule has 0 aliphatic heterocycles. The van der Waals surface area contributed by atoms with Gasteiger partial charge in [-0.15, -0.1) is 0 Å². The molecule has 0 aromatic carbocycles. The summed E-state index contributed by atoms with van der Waals surface area (Å²) in [7, 11) is 1.64. The number of amides is 1. The molecule has 1 aromatic heterocycles. The third-order valence-corrected chi connectivity index (χ3v) is 2.81. The van der Waals surface area contributed by atoms with E-state index in [4.69, 9.17) is 4.74 Å². The number of nitrogens with one attached hydrogen (secondary N) is 1. The summed E-state index contributed by atoms with van der Waals surface area (Å²) in [5.41, 5.74) is 0.619. The summed E-state index contributed by atoms with van der Waals surface area (Å²) in [6.45, 7) is 6.63. The monoisotopic (exact) mass is 265 g/mol. The molecule has 0 bridgehead atoms. The van der Waals surface area contributed by atoms with Crippen LogP contribution < -0.4 is 5.32 Å². The SMILES string of the molecule is CCCNc1ncccc1C(=O)N(CC)CCOC. The lowest BCUT2D eigenvalue weighted by Crippen LogP contribution is -2.34. The normalized spacial score (nSPS) is 10.3. The van der Waals surface area contributed by atoms with Crippen LogP contribution in [0.25, 0.3) is 0 Å². The number of anilines is 1. The minimum atomic E-state index is -0.00810. The zero-order valence-electron chi connectivity index (χ0n) is 12.0. The highest BCUT2D eigenvalue weighted by Gasteiger charge is 2.17. The van der Waals surface area contributed by atoms with E-state index in [1.54, 1.807) is 24.3 Å². The van der Waals surface area contributed by atoms with Crippen LogP contribution in [0.3, 0.4) is 0 Å². The quantitative estimate of drug-likeness (QED) is 0.781. The molecule has 0 spiro atoms. The van der Waals surface area contributed by atoms with E-state index in [0.29, 0.717) is 31.1 Å². The number of hydrogen-bond acceptors (Lipinski definition) is 4. The molecule has 1 amide bonds. The van der Waals surface area contributed by atoms with Gasteiger partial charge < -0.3 is 15.0 Å². The molecule has 0 saturated heterocycles. The van der Waals surface area contributed by atoms with Gasteiger partial charge in [-0.1, -0.05) is 6.92 Å². The fraction of sp³-hybridized carbons (Fsp3) is 0.571. The summed E-state index contributed by atoms with van der Waals surface area (Å²) in [4.78, 5) is 18.5. The second-order valence-corrected chi connectivity index (χ2v) is 4.20. The summed E-state index contributed by atoms with van der Waals surface area (Å²) >= 11 is 0. The Hall–Kier alpha value is -1.62. The lowest BCUT2D eigenvalue weighted by Gasteiger charge is -2.21. The molecule has 106 valence electrons. The summed E-state index contributed by atoms with van der Waals surface area (Å²) in [5.74, 6) is 0.650. The summed E-state index contributed by atoms with van der Waals surface area (Å²) in [5, 5.41) is 3.19. The maximum atomic E-state index is 12.5.